The van der Waals surface area contributed by atoms with Crippen LogP contribution in [0, 0.1) is 5.82 Å². The zero-order chi connectivity index (χ0) is 14.2. The van der Waals surface area contributed by atoms with Gasteiger partial charge < -0.3 is 10.5 Å². The van der Waals surface area contributed by atoms with Crippen LogP contribution in [0.4, 0.5) is 4.39 Å². The molecule has 0 radical (unpaired) electrons. The first-order valence-electron chi connectivity index (χ1n) is 7.51. The molecule has 0 heterocycles. The van der Waals surface area contributed by atoms with Gasteiger partial charge in [-0.3, -0.25) is 0 Å². The van der Waals surface area contributed by atoms with Gasteiger partial charge in [0, 0.05) is 17.5 Å². The molecule has 0 atom stereocenters. The van der Waals surface area contributed by atoms with Crippen molar-refractivity contribution >= 4 is 11.6 Å². The second kappa shape index (κ2) is 5.53. The maximum absolute atomic E-state index is 13.8. The summed E-state index contributed by atoms with van der Waals surface area (Å²) in [6.45, 7) is 0.522. The van der Waals surface area contributed by atoms with Gasteiger partial charge in [0.05, 0.1) is 11.1 Å². The summed E-state index contributed by atoms with van der Waals surface area (Å²) < 4.78 is 19.8. The van der Waals surface area contributed by atoms with Crippen molar-refractivity contribution < 1.29 is 9.13 Å². The van der Waals surface area contributed by atoms with E-state index in [1.807, 2.05) is 0 Å². The van der Waals surface area contributed by atoms with Gasteiger partial charge >= 0.3 is 0 Å². The minimum atomic E-state index is -0.299. The molecule has 2 aliphatic carbocycles. The van der Waals surface area contributed by atoms with E-state index < -0.39 is 0 Å². The molecule has 0 aromatic heterocycles. The Morgan fingerprint density at radius 1 is 1.25 bits per heavy atom. The summed E-state index contributed by atoms with van der Waals surface area (Å²) in [4.78, 5) is 0. The van der Waals surface area contributed by atoms with Crippen molar-refractivity contribution in [2.75, 3.05) is 6.54 Å². The first-order valence-corrected chi connectivity index (χ1v) is 7.89. The van der Waals surface area contributed by atoms with Crippen molar-refractivity contribution in [3.63, 3.8) is 0 Å². The van der Waals surface area contributed by atoms with Crippen LogP contribution in [0.3, 0.4) is 0 Å². The van der Waals surface area contributed by atoms with E-state index in [0.29, 0.717) is 17.3 Å². The predicted octanol–water partition coefficient (Wildman–Crippen LogP) is 4.18. The van der Waals surface area contributed by atoms with Crippen molar-refractivity contribution in [2.45, 2.75) is 56.5 Å². The Labute approximate surface area is 124 Å². The molecule has 1 aromatic carbocycles. The lowest BCUT2D eigenvalue weighted by molar-refractivity contribution is 0.262. The third-order valence-corrected chi connectivity index (χ3v) is 4.87. The minimum absolute atomic E-state index is 0.172. The Balaban J connectivity index is 2.04. The molecule has 0 saturated heterocycles. The van der Waals surface area contributed by atoms with Crippen LogP contribution in [0.1, 0.15) is 50.5 Å². The molecule has 0 aliphatic heterocycles. The van der Waals surface area contributed by atoms with Gasteiger partial charge in [0.2, 0.25) is 0 Å². The number of ether oxygens (including phenoxy) is 1. The zero-order valence-corrected chi connectivity index (χ0v) is 12.4. The molecule has 20 heavy (non-hydrogen) atoms. The molecule has 110 valence electrons. The van der Waals surface area contributed by atoms with Gasteiger partial charge in [0.15, 0.2) is 0 Å². The second-order valence-electron chi connectivity index (χ2n) is 6.13. The van der Waals surface area contributed by atoms with Crippen LogP contribution in [-0.4, -0.2) is 12.6 Å². The Bertz CT molecular complexity index is 495. The highest BCUT2D eigenvalue weighted by molar-refractivity contribution is 6.32. The molecule has 0 unspecified atom stereocenters. The molecule has 1 aromatic rings. The molecule has 3 rings (SSSR count). The molecule has 0 amide bonds. The number of nitrogens with two attached hydrogens (primary N) is 1. The topological polar surface area (TPSA) is 35.2 Å². The van der Waals surface area contributed by atoms with E-state index in [2.05, 4.69) is 0 Å². The van der Waals surface area contributed by atoms with Crippen LogP contribution >= 0.6 is 11.6 Å². The van der Waals surface area contributed by atoms with Crippen LogP contribution in [0.5, 0.6) is 5.75 Å². The van der Waals surface area contributed by atoms with Gasteiger partial charge in [-0.05, 0) is 37.8 Å². The number of rotatable bonds is 4. The van der Waals surface area contributed by atoms with Gasteiger partial charge in [-0.1, -0.05) is 30.9 Å². The highest BCUT2D eigenvalue weighted by atomic mass is 35.5. The third kappa shape index (κ3) is 2.66. The lowest BCUT2D eigenvalue weighted by Gasteiger charge is -2.38. The number of benzene rings is 1. The Kier molecular flexibility index (Phi) is 3.91. The zero-order valence-electron chi connectivity index (χ0n) is 11.6. The number of hydrogen-bond donors (Lipinski definition) is 1. The molecule has 0 spiro atoms. The molecule has 2 fully saturated rings. The van der Waals surface area contributed by atoms with Crippen molar-refractivity contribution in [3.8, 4) is 5.75 Å². The van der Waals surface area contributed by atoms with Crippen LogP contribution in [0.2, 0.25) is 5.02 Å². The Hall–Kier alpha value is -0.800. The monoisotopic (exact) mass is 297 g/mol. The summed E-state index contributed by atoms with van der Waals surface area (Å²) in [5.41, 5.74) is 6.78. The average molecular weight is 298 g/mol. The molecule has 2 N–H and O–H groups in total. The maximum atomic E-state index is 13.8. The maximum Gasteiger partial charge on any atom is 0.142 e. The SMILES string of the molecule is NCC1(c2cc(F)cc(Cl)c2OC2CC2)CCCCC1. The van der Waals surface area contributed by atoms with E-state index in [1.165, 1.54) is 12.5 Å². The Morgan fingerprint density at radius 2 is 1.95 bits per heavy atom. The van der Waals surface area contributed by atoms with E-state index >= 15 is 0 Å². The number of hydrogen-bond acceptors (Lipinski definition) is 2. The van der Waals surface area contributed by atoms with E-state index in [9.17, 15) is 4.39 Å². The van der Waals surface area contributed by atoms with Crippen LogP contribution in [0.25, 0.3) is 0 Å². The lowest BCUT2D eigenvalue weighted by atomic mass is 9.69. The molecule has 2 aliphatic rings. The van der Waals surface area contributed by atoms with Crippen molar-refractivity contribution in [3.05, 3.63) is 28.5 Å². The van der Waals surface area contributed by atoms with Crippen LogP contribution in [-0.2, 0) is 5.41 Å². The summed E-state index contributed by atoms with van der Waals surface area (Å²) in [6.07, 6.45) is 7.83. The van der Waals surface area contributed by atoms with Gasteiger partial charge in [-0.25, -0.2) is 4.39 Å². The smallest absolute Gasteiger partial charge is 0.142 e. The summed E-state index contributed by atoms with van der Waals surface area (Å²) >= 11 is 6.24. The van der Waals surface area contributed by atoms with E-state index in [4.69, 9.17) is 22.1 Å². The van der Waals surface area contributed by atoms with Gasteiger partial charge in [0.25, 0.3) is 0 Å². The minimum Gasteiger partial charge on any atom is -0.489 e. The standard InChI is InChI=1S/C16H21ClFNO/c17-14-9-11(18)8-13(15(14)20-12-4-5-12)16(10-19)6-2-1-3-7-16/h8-9,12H,1-7,10,19H2. The summed E-state index contributed by atoms with van der Waals surface area (Å²) in [6, 6.07) is 2.93. The molecular weight excluding hydrogens is 277 g/mol. The van der Waals surface area contributed by atoms with Crippen LogP contribution in [0.15, 0.2) is 12.1 Å². The summed E-state index contributed by atoms with van der Waals surface area (Å²) in [5, 5.41) is 0.380. The molecule has 2 saturated carbocycles. The number of halogens is 2. The molecule has 4 heteroatoms. The van der Waals surface area contributed by atoms with Crippen LogP contribution < -0.4 is 10.5 Å². The van der Waals surface area contributed by atoms with E-state index in [-0.39, 0.29) is 17.3 Å². The second-order valence-corrected chi connectivity index (χ2v) is 6.53. The molecule has 2 nitrogen and oxygen atoms in total. The fourth-order valence-corrected chi connectivity index (χ4v) is 3.49. The van der Waals surface area contributed by atoms with E-state index in [1.54, 1.807) is 6.07 Å². The molecule has 0 bridgehead atoms. The highest BCUT2D eigenvalue weighted by Gasteiger charge is 2.37. The fraction of sp³-hybridized carbons (Fsp3) is 0.625. The normalized spacial score (nSPS) is 21.8. The largest absolute Gasteiger partial charge is 0.489 e. The molecular formula is C16H21ClFNO. The van der Waals surface area contributed by atoms with Gasteiger partial charge in [-0.15, -0.1) is 0 Å². The third-order valence-electron chi connectivity index (χ3n) is 4.59. The van der Waals surface area contributed by atoms with Crippen molar-refractivity contribution in [1.82, 2.24) is 0 Å². The highest BCUT2D eigenvalue weighted by Crippen LogP contribution is 2.46. The quantitative estimate of drug-likeness (QED) is 0.905. The first-order chi connectivity index (χ1) is 9.64. The summed E-state index contributed by atoms with van der Waals surface area (Å²) in [7, 11) is 0. The van der Waals surface area contributed by atoms with E-state index in [0.717, 1.165) is 44.1 Å². The summed E-state index contributed by atoms with van der Waals surface area (Å²) in [5.74, 6) is 0.370. The first kappa shape index (κ1) is 14.2. The van der Waals surface area contributed by atoms with Crippen molar-refractivity contribution in [2.24, 2.45) is 5.73 Å². The Morgan fingerprint density at radius 3 is 2.55 bits per heavy atom. The van der Waals surface area contributed by atoms with Gasteiger partial charge in [-0.2, -0.15) is 0 Å². The average Bonchev–Trinajstić information content (AvgIpc) is 3.26. The van der Waals surface area contributed by atoms with Crippen molar-refractivity contribution in [1.29, 1.82) is 0 Å². The van der Waals surface area contributed by atoms with Gasteiger partial charge in [0.1, 0.15) is 11.6 Å². The lowest BCUT2D eigenvalue weighted by Crippen LogP contribution is -2.37. The fourth-order valence-electron chi connectivity index (χ4n) is 3.24. The predicted molar refractivity (Wildman–Crippen MR) is 78.9 cm³/mol.